The zero-order valence-corrected chi connectivity index (χ0v) is 9.11. The fourth-order valence-corrected chi connectivity index (χ4v) is 2.09. The van der Waals surface area contributed by atoms with Crippen LogP contribution in [0.5, 0.6) is 0 Å². The molecule has 0 N–H and O–H groups in total. The van der Waals surface area contributed by atoms with Gasteiger partial charge in [-0.1, -0.05) is 6.07 Å². The van der Waals surface area contributed by atoms with Gasteiger partial charge in [0.15, 0.2) is 0 Å². The highest BCUT2D eigenvalue weighted by Crippen LogP contribution is 2.27. The quantitative estimate of drug-likeness (QED) is 0.684. The van der Waals surface area contributed by atoms with Crippen LogP contribution in [-0.4, -0.2) is 22.5 Å². The Hall–Kier alpha value is -1.11. The van der Waals surface area contributed by atoms with Crippen molar-refractivity contribution in [3.63, 3.8) is 0 Å². The number of pyridine rings is 1. The van der Waals surface area contributed by atoms with Crippen LogP contribution in [0.15, 0.2) is 18.3 Å². The highest BCUT2D eigenvalue weighted by molar-refractivity contribution is 6.13. The van der Waals surface area contributed by atoms with Crippen LogP contribution in [0, 0.1) is 11.3 Å². The molecule has 1 aliphatic rings. The van der Waals surface area contributed by atoms with Gasteiger partial charge in [0, 0.05) is 19.3 Å². The monoisotopic (exact) mass is 221 g/mol. The normalized spacial score (nSPS) is 18.7. The van der Waals surface area contributed by atoms with E-state index < -0.39 is 0 Å². The summed E-state index contributed by atoms with van der Waals surface area (Å²) < 4.78 is 1.83. The molecule has 0 radical (unpaired) electrons. The van der Waals surface area contributed by atoms with Gasteiger partial charge < -0.3 is 0 Å². The van der Waals surface area contributed by atoms with Gasteiger partial charge in [-0.3, -0.25) is 0 Å². The molecular formula is C11H12ClN3. The number of halogens is 1. The second-order valence-electron chi connectivity index (χ2n) is 3.77. The molecule has 1 aromatic heterocycles. The summed E-state index contributed by atoms with van der Waals surface area (Å²) in [5.74, 6) is 0.542. The molecule has 2 rings (SSSR count). The van der Waals surface area contributed by atoms with E-state index in [1.165, 1.54) is 5.56 Å². The van der Waals surface area contributed by atoms with Crippen LogP contribution in [0.25, 0.3) is 0 Å². The maximum atomic E-state index is 8.64. The molecule has 15 heavy (non-hydrogen) atoms. The summed E-state index contributed by atoms with van der Waals surface area (Å²) in [6.07, 6.45) is 3.95. The summed E-state index contributed by atoms with van der Waals surface area (Å²) in [7, 11) is 0. The van der Waals surface area contributed by atoms with Gasteiger partial charge in [0.1, 0.15) is 11.8 Å². The van der Waals surface area contributed by atoms with E-state index in [4.69, 9.17) is 17.0 Å². The van der Waals surface area contributed by atoms with Gasteiger partial charge in [0.05, 0.1) is 0 Å². The van der Waals surface area contributed by atoms with E-state index in [0.29, 0.717) is 11.6 Å². The molecule has 0 aliphatic carbocycles. The third kappa shape index (κ3) is 2.47. The van der Waals surface area contributed by atoms with Crippen molar-refractivity contribution < 1.29 is 0 Å². The predicted octanol–water partition coefficient (Wildman–Crippen LogP) is 2.29. The summed E-state index contributed by atoms with van der Waals surface area (Å²) in [6.45, 7) is 1.85. The molecular weight excluding hydrogens is 210 g/mol. The minimum absolute atomic E-state index is 0.480. The van der Waals surface area contributed by atoms with E-state index >= 15 is 0 Å². The van der Waals surface area contributed by atoms with Gasteiger partial charge >= 0.3 is 0 Å². The largest absolute Gasteiger partial charge is 0.245 e. The van der Waals surface area contributed by atoms with E-state index in [-0.39, 0.29) is 0 Å². The fraction of sp³-hybridized carbons (Fsp3) is 0.455. The zero-order valence-electron chi connectivity index (χ0n) is 8.36. The number of nitrogens with zero attached hydrogens (tertiary/aromatic N) is 3. The Morgan fingerprint density at radius 2 is 2.13 bits per heavy atom. The lowest BCUT2D eigenvalue weighted by Crippen LogP contribution is -2.25. The van der Waals surface area contributed by atoms with Crippen molar-refractivity contribution in [1.29, 1.82) is 5.26 Å². The standard InChI is InChI=1S/C11H12ClN3/c12-15-5-3-9(4-6-15)10-1-2-11(7-13)14-8-10/h1-2,8-9H,3-6H2. The smallest absolute Gasteiger partial charge is 0.140 e. The van der Waals surface area contributed by atoms with Crippen LogP contribution in [0.2, 0.25) is 0 Å². The Labute approximate surface area is 94.4 Å². The first-order valence-corrected chi connectivity index (χ1v) is 5.40. The molecule has 0 amide bonds. The number of aromatic nitrogens is 1. The lowest BCUT2D eigenvalue weighted by molar-refractivity contribution is 0.335. The second kappa shape index (κ2) is 4.61. The molecule has 78 valence electrons. The lowest BCUT2D eigenvalue weighted by Gasteiger charge is -2.26. The van der Waals surface area contributed by atoms with Gasteiger partial charge in [-0.15, -0.1) is 0 Å². The van der Waals surface area contributed by atoms with Crippen molar-refractivity contribution in [2.45, 2.75) is 18.8 Å². The predicted molar refractivity (Wildman–Crippen MR) is 58.4 cm³/mol. The van der Waals surface area contributed by atoms with Gasteiger partial charge in [-0.2, -0.15) is 5.26 Å². The van der Waals surface area contributed by atoms with E-state index in [1.807, 2.05) is 22.8 Å². The first kappa shape index (κ1) is 10.4. The molecule has 0 spiro atoms. The van der Waals surface area contributed by atoms with Gasteiger partial charge in [-0.05, 0) is 42.2 Å². The van der Waals surface area contributed by atoms with Crippen molar-refractivity contribution >= 4 is 11.8 Å². The average molecular weight is 222 g/mol. The minimum Gasteiger partial charge on any atom is -0.245 e. The molecule has 1 fully saturated rings. The van der Waals surface area contributed by atoms with Crippen molar-refractivity contribution in [3.8, 4) is 6.07 Å². The molecule has 1 saturated heterocycles. The molecule has 1 aliphatic heterocycles. The van der Waals surface area contributed by atoms with Gasteiger partial charge in [0.2, 0.25) is 0 Å². The van der Waals surface area contributed by atoms with Gasteiger partial charge in [-0.25, -0.2) is 9.40 Å². The second-order valence-corrected chi connectivity index (χ2v) is 4.25. The number of nitriles is 1. The summed E-state index contributed by atoms with van der Waals surface area (Å²) >= 11 is 5.89. The summed E-state index contributed by atoms with van der Waals surface area (Å²) in [5, 5.41) is 8.64. The van der Waals surface area contributed by atoms with E-state index in [2.05, 4.69) is 4.98 Å². The first-order chi connectivity index (χ1) is 7.29. The van der Waals surface area contributed by atoms with Crippen LogP contribution in [-0.2, 0) is 0 Å². The molecule has 3 nitrogen and oxygen atoms in total. The maximum Gasteiger partial charge on any atom is 0.140 e. The fourth-order valence-electron chi connectivity index (χ4n) is 1.89. The van der Waals surface area contributed by atoms with Gasteiger partial charge in [0.25, 0.3) is 0 Å². The SMILES string of the molecule is N#Cc1ccc(C2CCN(Cl)CC2)cn1. The Balaban J connectivity index is 2.07. The Kier molecular flexibility index (Phi) is 3.20. The average Bonchev–Trinajstić information content (AvgIpc) is 2.30. The Morgan fingerprint density at radius 1 is 1.40 bits per heavy atom. The lowest BCUT2D eigenvalue weighted by atomic mass is 9.91. The highest BCUT2D eigenvalue weighted by Gasteiger charge is 2.19. The molecule has 1 aromatic rings. The molecule has 0 atom stereocenters. The Bertz CT molecular complexity index is 360. The minimum atomic E-state index is 0.480. The number of rotatable bonds is 1. The van der Waals surface area contributed by atoms with Crippen LogP contribution in [0.1, 0.15) is 30.0 Å². The Morgan fingerprint density at radius 3 is 2.67 bits per heavy atom. The third-order valence-corrected chi connectivity index (χ3v) is 3.15. The van der Waals surface area contributed by atoms with E-state index in [0.717, 1.165) is 25.9 Å². The van der Waals surface area contributed by atoms with Crippen LogP contribution >= 0.6 is 11.8 Å². The summed E-state index contributed by atoms with van der Waals surface area (Å²) in [4.78, 5) is 4.08. The number of hydrogen-bond donors (Lipinski definition) is 0. The molecule has 0 unspecified atom stereocenters. The maximum absolute atomic E-state index is 8.64. The molecule has 0 saturated carbocycles. The van der Waals surface area contributed by atoms with Crippen molar-refractivity contribution in [1.82, 2.24) is 9.40 Å². The number of hydrogen-bond acceptors (Lipinski definition) is 3. The third-order valence-electron chi connectivity index (χ3n) is 2.81. The highest BCUT2D eigenvalue weighted by atomic mass is 35.5. The van der Waals surface area contributed by atoms with Crippen molar-refractivity contribution in [2.75, 3.05) is 13.1 Å². The molecule has 4 heteroatoms. The first-order valence-electron chi connectivity index (χ1n) is 5.06. The summed E-state index contributed by atoms with van der Waals surface area (Å²) in [6, 6.07) is 5.80. The van der Waals surface area contributed by atoms with Crippen LogP contribution in [0.3, 0.4) is 0 Å². The number of piperidine rings is 1. The molecule has 0 bridgehead atoms. The van der Waals surface area contributed by atoms with Crippen LogP contribution in [0.4, 0.5) is 0 Å². The van der Waals surface area contributed by atoms with E-state index in [9.17, 15) is 0 Å². The van der Waals surface area contributed by atoms with Crippen molar-refractivity contribution in [3.05, 3.63) is 29.6 Å². The topological polar surface area (TPSA) is 39.9 Å². The van der Waals surface area contributed by atoms with E-state index in [1.54, 1.807) is 6.07 Å². The van der Waals surface area contributed by atoms with Crippen molar-refractivity contribution in [2.24, 2.45) is 0 Å². The summed E-state index contributed by atoms with van der Waals surface area (Å²) in [5.41, 5.74) is 1.70. The molecule has 0 aromatic carbocycles. The molecule has 2 heterocycles. The zero-order chi connectivity index (χ0) is 10.7. The van der Waals surface area contributed by atoms with Crippen LogP contribution < -0.4 is 0 Å².